The monoisotopic (exact) mass is 669 g/mol. The van der Waals surface area contributed by atoms with E-state index in [9.17, 15) is 19.5 Å². The molecule has 2 aromatic heterocycles. The number of carbonyl (C=O) groups excluding carboxylic acids is 2. The number of carboxylic acids is 1. The van der Waals surface area contributed by atoms with Gasteiger partial charge in [0.15, 0.2) is 0 Å². The van der Waals surface area contributed by atoms with Crippen LogP contribution < -0.4 is 15.5 Å². The topological polar surface area (TPSA) is 172 Å². The van der Waals surface area contributed by atoms with Crippen molar-refractivity contribution in [1.29, 1.82) is 5.41 Å². The van der Waals surface area contributed by atoms with Crippen molar-refractivity contribution in [3.63, 3.8) is 0 Å². The van der Waals surface area contributed by atoms with Crippen LogP contribution in [-0.2, 0) is 27.9 Å². The fourth-order valence-corrected chi connectivity index (χ4v) is 5.83. The number of amides is 2. The van der Waals surface area contributed by atoms with Gasteiger partial charge in [-0.3, -0.25) is 25.2 Å². The summed E-state index contributed by atoms with van der Waals surface area (Å²) in [7, 11) is 1.90. The highest BCUT2D eigenvalue weighted by atomic mass is 16.5. The summed E-state index contributed by atoms with van der Waals surface area (Å²) in [5.41, 5.74) is 3.16. The van der Waals surface area contributed by atoms with Crippen molar-refractivity contribution < 1.29 is 29.0 Å². The number of benzene rings is 2. The number of unbranched alkanes of at least 4 members (excludes halogenated alkanes) is 3. The van der Waals surface area contributed by atoms with Gasteiger partial charge in [0.2, 0.25) is 0 Å². The number of hydrogen-bond donors (Lipinski definition) is 4. The summed E-state index contributed by atoms with van der Waals surface area (Å²) >= 11 is 0. The van der Waals surface area contributed by atoms with Crippen molar-refractivity contribution in [3.05, 3.63) is 83.8 Å². The standard InChI is InChI=1S/C36H43N7O6/c1-3-4-5-8-18-49-36(47)41-33(37)24-10-13-27(14-11-24)39-21-32-40-29-20-25(12-15-30(29)42(32)2)34(44)43(31-9-6-7-17-38-31)22-28(35(45)46)26-16-19-48-23-26/h6-7,9-15,17,20,26,28,39H,3-5,8,16,18-19,21-23H2,1-2H3,(H,45,46)(H2,37,41,47)/t26-,28?/m1/s1. The molecule has 2 amide bonds. The maximum Gasteiger partial charge on any atom is 0.412 e. The number of amidine groups is 1. The number of alkyl carbamates (subject to hydrolysis) is 1. The molecule has 0 spiro atoms. The van der Waals surface area contributed by atoms with E-state index in [0.717, 1.165) is 42.7 Å². The Morgan fingerprint density at radius 2 is 1.90 bits per heavy atom. The lowest BCUT2D eigenvalue weighted by atomic mass is 9.91. The lowest BCUT2D eigenvalue weighted by Crippen LogP contribution is -2.41. The molecule has 1 unspecified atom stereocenters. The highest BCUT2D eigenvalue weighted by molar-refractivity contribution is 6.07. The quantitative estimate of drug-likeness (QED) is 0.0715. The van der Waals surface area contributed by atoms with Crippen molar-refractivity contribution in [2.45, 2.75) is 45.6 Å². The molecular weight excluding hydrogens is 626 g/mol. The molecule has 13 nitrogen and oxygen atoms in total. The Balaban J connectivity index is 1.24. The molecule has 2 aromatic carbocycles. The Labute approximate surface area is 285 Å². The van der Waals surface area contributed by atoms with Gasteiger partial charge in [0, 0.05) is 43.2 Å². The molecular formula is C36H43N7O6. The largest absolute Gasteiger partial charge is 0.481 e. The molecule has 1 aliphatic rings. The fraction of sp³-hybridized carbons (Fsp3) is 0.389. The van der Waals surface area contributed by atoms with Gasteiger partial charge in [-0.1, -0.05) is 32.3 Å². The number of hydrogen-bond acceptors (Lipinski definition) is 9. The molecule has 258 valence electrons. The number of pyridine rings is 1. The number of aryl methyl sites for hydroxylation is 1. The molecule has 1 saturated heterocycles. The Kier molecular flexibility index (Phi) is 11.9. The normalized spacial score (nSPS) is 14.7. The van der Waals surface area contributed by atoms with Crippen molar-refractivity contribution in [2.75, 3.05) is 36.6 Å². The van der Waals surface area contributed by atoms with E-state index in [1.807, 2.05) is 29.8 Å². The fourth-order valence-electron chi connectivity index (χ4n) is 5.83. The minimum Gasteiger partial charge on any atom is -0.481 e. The molecule has 4 N–H and O–H groups in total. The molecule has 1 fully saturated rings. The second-order valence-electron chi connectivity index (χ2n) is 12.1. The first-order valence-electron chi connectivity index (χ1n) is 16.6. The molecule has 0 bridgehead atoms. The van der Waals surface area contributed by atoms with Crippen molar-refractivity contribution in [1.82, 2.24) is 19.9 Å². The average Bonchev–Trinajstić information content (AvgIpc) is 3.75. The molecule has 1 aliphatic heterocycles. The highest BCUT2D eigenvalue weighted by Gasteiger charge is 2.35. The van der Waals surface area contributed by atoms with Gasteiger partial charge < -0.3 is 24.5 Å². The van der Waals surface area contributed by atoms with Gasteiger partial charge in [-0.05, 0) is 73.4 Å². The Morgan fingerprint density at radius 1 is 1.10 bits per heavy atom. The van der Waals surface area contributed by atoms with Gasteiger partial charge in [-0.2, -0.15) is 0 Å². The number of anilines is 2. The van der Waals surface area contributed by atoms with Gasteiger partial charge in [-0.25, -0.2) is 14.8 Å². The number of aromatic nitrogens is 3. The van der Waals surface area contributed by atoms with E-state index in [1.165, 1.54) is 4.90 Å². The molecule has 0 radical (unpaired) electrons. The molecule has 4 aromatic rings. The summed E-state index contributed by atoms with van der Waals surface area (Å²) < 4.78 is 12.6. The van der Waals surface area contributed by atoms with Crippen molar-refractivity contribution in [3.8, 4) is 0 Å². The zero-order valence-electron chi connectivity index (χ0n) is 27.9. The highest BCUT2D eigenvalue weighted by Crippen LogP contribution is 2.27. The summed E-state index contributed by atoms with van der Waals surface area (Å²) in [5.74, 6) is -1.28. The number of aliphatic carboxylic acids is 1. The number of carbonyl (C=O) groups is 3. The van der Waals surface area contributed by atoms with E-state index in [-0.39, 0.29) is 24.2 Å². The van der Waals surface area contributed by atoms with Crippen LogP contribution in [0.15, 0.2) is 66.9 Å². The van der Waals surface area contributed by atoms with E-state index in [1.54, 1.807) is 48.7 Å². The van der Waals surface area contributed by atoms with E-state index in [2.05, 4.69) is 22.5 Å². The lowest BCUT2D eigenvalue weighted by Gasteiger charge is -2.27. The Morgan fingerprint density at radius 3 is 2.59 bits per heavy atom. The Bertz CT molecular complexity index is 1750. The second kappa shape index (κ2) is 16.7. The predicted octanol–water partition coefficient (Wildman–Crippen LogP) is 5.60. The molecule has 13 heteroatoms. The lowest BCUT2D eigenvalue weighted by molar-refractivity contribution is -0.143. The SMILES string of the molecule is CCCCCCOC(=O)NC(=N)c1ccc(NCc2nc3cc(C(=O)N(CC(C(=O)O)[C@@H]4CCOC4)c4ccccn4)ccc3n2C)cc1. The van der Waals surface area contributed by atoms with E-state index in [0.29, 0.717) is 55.2 Å². The third-order valence-corrected chi connectivity index (χ3v) is 8.70. The smallest absolute Gasteiger partial charge is 0.412 e. The minimum atomic E-state index is -0.973. The van der Waals surface area contributed by atoms with Crippen LogP contribution in [0.4, 0.5) is 16.3 Å². The van der Waals surface area contributed by atoms with Gasteiger partial charge >= 0.3 is 12.1 Å². The maximum atomic E-state index is 13.9. The van der Waals surface area contributed by atoms with Crippen molar-refractivity contribution >= 4 is 46.3 Å². The molecule has 2 atom stereocenters. The molecule has 3 heterocycles. The number of imidazole rings is 1. The number of rotatable bonds is 15. The zero-order chi connectivity index (χ0) is 34.8. The maximum absolute atomic E-state index is 13.9. The number of nitrogens with one attached hydrogen (secondary N) is 3. The van der Waals surface area contributed by atoms with Crippen molar-refractivity contribution in [2.24, 2.45) is 18.9 Å². The Hall–Kier alpha value is -5.30. The van der Waals surface area contributed by atoms with Gasteiger partial charge in [-0.15, -0.1) is 0 Å². The predicted molar refractivity (Wildman–Crippen MR) is 186 cm³/mol. The van der Waals surface area contributed by atoms with Crippen LogP contribution in [0.5, 0.6) is 0 Å². The van der Waals surface area contributed by atoms with E-state index in [4.69, 9.17) is 19.9 Å². The first kappa shape index (κ1) is 35.0. The zero-order valence-corrected chi connectivity index (χ0v) is 27.9. The third kappa shape index (κ3) is 8.99. The number of nitrogens with zero attached hydrogens (tertiary/aromatic N) is 4. The number of fused-ring (bicyclic) bond motifs is 1. The first-order chi connectivity index (χ1) is 23.7. The van der Waals surface area contributed by atoms with Crippen LogP contribution in [0.2, 0.25) is 0 Å². The van der Waals surface area contributed by atoms with E-state index < -0.39 is 18.0 Å². The summed E-state index contributed by atoms with van der Waals surface area (Å²) in [4.78, 5) is 48.8. The summed E-state index contributed by atoms with van der Waals surface area (Å²) in [6.45, 7) is 3.65. The van der Waals surface area contributed by atoms with Crippen LogP contribution in [0.25, 0.3) is 11.0 Å². The van der Waals surface area contributed by atoms with Crippen LogP contribution in [0.3, 0.4) is 0 Å². The van der Waals surface area contributed by atoms with E-state index >= 15 is 0 Å². The molecule has 49 heavy (non-hydrogen) atoms. The number of carboxylic acid groups (broad SMARTS) is 1. The van der Waals surface area contributed by atoms with Gasteiger partial charge in [0.25, 0.3) is 5.91 Å². The summed E-state index contributed by atoms with van der Waals surface area (Å²) in [6.07, 6.45) is 5.57. The van der Waals surface area contributed by atoms with Crippen LogP contribution in [-0.4, -0.2) is 69.8 Å². The molecule has 0 aliphatic carbocycles. The third-order valence-electron chi connectivity index (χ3n) is 8.70. The first-order valence-corrected chi connectivity index (χ1v) is 16.6. The summed E-state index contributed by atoms with van der Waals surface area (Å²) in [6, 6.07) is 17.6. The van der Waals surface area contributed by atoms with Gasteiger partial charge in [0.05, 0.1) is 36.7 Å². The average molecular weight is 670 g/mol. The van der Waals surface area contributed by atoms with Crippen LogP contribution >= 0.6 is 0 Å². The van der Waals surface area contributed by atoms with Crippen LogP contribution in [0.1, 0.15) is 60.8 Å². The second-order valence-corrected chi connectivity index (χ2v) is 12.1. The molecule has 5 rings (SSSR count). The van der Waals surface area contributed by atoms with Crippen LogP contribution in [0, 0.1) is 17.2 Å². The minimum absolute atomic E-state index is 0.0355. The molecule has 0 saturated carbocycles. The van der Waals surface area contributed by atoms with Gasteiger partial charge in [0.1, 0.15) is 17.5 Å². The summed E-state index contributed by atoms with van der Waals surface area (Å²) in [5, 5.41) is 24.1. The number of ether oxygens (including phenoxy) is 2.